The molecular weight excluding hydrogens is 369 g/mol. The molecular formula is C22H20N3O2P. The SMILES string of the molecule is Cc1ccc(-c2nc(OC3CCOC3)c(C#N)nc2-c2ccc(P)cc2)cc1. The van der Waals surface area contributed by atoms with E-state index in [4.69, 9.17) is 14.5 Å². The first kappa shape index (κ1) is 18.6. The van der Waals surface area contributed by atoms with Gasteiger partial charge < -0.3 is 9.47 Å². The molecule has 0 N–H and O–H groups in total. The molecule has 0 amide bonds. The molecule has 140 valence electrons. The van der Waals surface area contributed by atoms with Gasteiger partial charge in [0.05, 0.1) is 18.9 Å². The molecule has 2 atom stereocenters. The average molecular weight is 389 g/mol. The van der Waals surface area contributed by atoms with Gasteiger partial charge in [0.2, 0.25) is 5.69 Å². The summed E-state index contributed by atoms with van der Waals surface area (Å²) in [5.74, 6) is 0.264. The lowest BCUT2D eigenvalue weighted by Gasteiger charge is -2.15. The van der Waals surface area contributed by atoms with E-state index in [0.29, 0.717) is 24.6 Å². The van der Waals surface area contributed by atoms with E-state index in [2.05, 4.69) is 20.3 Å². The normalized spacial score (nSPS) is 16.0. The van der Waals surface area contributed by atoms with Crippen molar-refractivity contribution in [3.8, 4) is 34.5 Å². The number of benzene rings is 2. The summed E-state index contributed by atoms with van der Waals surface area (Å²) in [4.78, 5) is 9.37. The Balaban J connectivity index is 1.86. The van der Waals surface area contributed by atoms with Crippen molar-refractivity contribution in [1.82, 2.24) is 9.97 Å². The van der Waals surface area contributed by atoms with E-state index in [1.165, 1.54) is 5.56 Å². The van der Waals surface area contributed by atoms with Gasteiger partial charge in [-0.15, -0.1) is 9.24 Å². The summed E-state index contributed by atoms with van der Waals surface area (Å²) in [7, 11) is 2.67. The molecule has 1 aromatic heterocycles. The van der Waals surface area contributed by atoms with Crippen LogP contribution >= 0.6 is 9.24 Å². The maximum absolute atomic E-state index is 9.64. The van der Waals surface area contributed by atoms with Gasteiger partial charge in [-0.25, -0.2) is 9.97 Å². The summed E-state index contributed by atoms with van der Waals surface area (Å²) in [6.07, 6.45) is 0.679. The molecule has 0 radical (unpaired) electrons. The minimum atomic E-state index is -0.102. The first-order chi connectivity index (χ1) is 13.6. The molecule has 28 heavy (non-hydrogen) atoms. The quantitative estimate of drug-likeness (QED) is 0.637. The highest BCUT2D eigenvalue weighted by Gasteiger charge is 2.23. The van der Waals surface area contributed by atoms with E-state index in [9.17, 15) is 5.26 Å². The van der Waals surface area contributed by atoms with Crippen LogP contribution in [-0.4, -0.2) is 29.3 Å². The molecule has 4 rings (SSSR count). The zero-order chi connectivity index (χ0) is 19.5. The highest BCUT2D eigenvalue weighted by Crippen LogP contribution is 2.32. The molecule has 2 unspecified atom stereocenters. The van der Waals surface area contributed by atoms with Crippen molar-refractivity contribution in [2.24, 2.45) is 0 Å². The molecule has 0 aliphatic carbocycles. The summed E-state index contributed by atoms with van der Waals surface area (Å²) >= 11 is 0. The van der Waals surface area contributed by atoms with E-state index < -0.39 is 0 Å². The van der Waals surface area contributed by atoms with Crippen molar-refractivity contribution in [2.45, 2.75) is 19.4 Å². The van der Waals surface area contributed by atoms with Gasteiger partial charge in [-0.2, -0.15) is 5.26 Å². The number of hydrogen-bond donors (Lipinski definition) is 0. The molecule has 3 aromatic rings. The Labute approximate surface area is 166 Å². The fourth-order valence-corrected chi connectivity index (χ4v) is 3.29. The molecule has 0 bridgehead atoms. The van der Waals surface area contributed by atoms with E-state index in [1.807, 2.05) is 55.5 Å². The van der Waals surface area contributed by atoms with E-state index in [1.54, 1.807) is 0 Å². The van der Waals surface area contributed by atoms with Crippen LogP contribution in [-0.2, 0) is 4.74 Å². The first-order valence-corrected chi connectivity index (χ1v) is 9.71. The van der Waals surface area contributed by atoms with Crippen molar-refractivity contribution < 1.29 is 9.47 Å². The highest BCUT2D eigenvalue weighted by molar-refractivity contribution is 7.27. The van der Waals surface area contributed by atoms with Crippen molar-refractivity contribution in [3.63, 3.8) is 0 Å². The number of aromatic nitrogens is 2. The van der Waals surface area contributed by atoms with Crippen molar-refractivity contribution in [1.29, 1.82) is 5.26 Å². The Morgan fingerprint density at radius 2 is 1.68 bits per heavy atom. The number of nitrogens with zero attached hydrogens (tertiary/aromatic N) is 3. The van der Waals surface area contributed by atoms with Gasteiger partial charge in [0.1, 0.15) is 17.9 Å². The van der Waals surface area contributed by atoms with Crippen LogP contribution in [0.2, 0.25) is 0 Å². The fourth-order valence-electron chi connectivity index (χ4n) is 3.09. The number of aryl methyl sites for hydroxylation is 1. The van der Waals surface area contributed by atoms with Gasteiger partial charge in [-0.3, -0.25) is 0 Å². The third kappa shape index (κ3) is 3.89. The molecule has 0 saturated carbocycles. The fraction of sp³-hybridized carbons (Fsp3) is 0.227. The molecule has 1 aliphatic rings. The zero-order valence-electron chi connectivity index (χ0n) is 15.6. The average Bonchev–Trinajstić information content (AvgIpc) is 3.22. The topological polar surface area (TPSA) is 68.0 Å². The van der Waals surface area contributed by atoms with E-state index >= 15 is 0 Å². The molecule has 6 heteroatoms. The molecule has 1 aliphatic heterocycles. The predicted molar refractivity (Wildman–Crippen MR) is 112 cm³/mol. The summed E-state index contributed by atoms with van der Waals surface area (Å²) in [5, 5.41) is 10.7. The van der Waals surface area contributed by atoms with Gasteiger partial charge in [0, 0.05) is 17.5 Å². The minimum absolute atomic E-state index is 0.102. The number of nitriles is 1. The molecule has 1 saturated heterocycles. The van der Waals surface area contributed by atoms with Gasteiger partial charge in [-0.1, -0.05) is 54.1 Å². The van der Waals surface area contributed by atoms with E-state index in [0.717, 1.165) is 22.9 Å². The zero-order valence-corrected chi connectivity index (χ0v) is 16.7. The largest absolute Gasteiger partial charge is 0.470 e. The molecule has 2 aromatic carbocycles. The lowest BCUT2D eigenvalue weighted by molar-refractivity contribution is 0.137. The van der Waals surface area contributed by atoms with Crippen LogP contribution in [0.15, 0.2) is 48.5 Å². The van der Waals surface area contributed by atoms with Crippen LogP contribution in [0.25, 0.3) is 22.5 Å². The molecule has 2 heterocycles. The Hall–Kier alpha value is -2.80. The van der Waals surface area contributed by atoms with Crippen LogP contribution in [0.3, 0.4) is 0 Å². The van der Waals surface area contributed by atoms with E-state index in [-0.39, 0.29) is 17.7 Å². The third-order valence-corrected chi connectivity index (χ3v) is 5.03. The maximum atomic E-state index is 9.64. The number of rotatable bonds is 4. The summed E-state index contributed by atoms with van der Waals surface area (Å²) in [5.41, 5.74) is 4.55. The van der Waals surface area contributed by atoms with Gasteiger partial charge in [0.25, 0.3) is 5.88 Å². The summed E-state index contributed by atoms with van der Waals surface area (Å²) in [6, 6.07) is 18.2. The molecule has 1 fully saturated rings. The monoisotopic (exact) mass is 389 g/mol. The maximum Gasteiger partial charge on any atom is 0.252 e. The Morgan fingerprint density at radius 1 is 1.04 bits per heavy atom. The Kier molecular flexibility index (Phi) is 5.34. The second-order valence-corrected chi connectivity index (χ2v) is 7.44. The molecule has 5 nitrogen and oxygen atoms in total. The minimum Gasteiger partial charge on any atom is -0.470 e. The summed E-state index contributed by atoms with van der Waals surface area (Å²) in [6.45, 7) is 3.20. The van der Waals surface area contributed by atoms with Crippen molar-refractivity contribution in [3.05, 3.63) is 59.8 Å². The van der Waals surface area contributed by atoms with Crippen LogP contribution in [0, 0.1) is 18.3 Å². The highest BCUT2D eigenvalue weighted by atomic mass is 31.0. The van der Waals surface area contributed by atoms with Gasteiger partial charge >= 0.3 is 0 Å². The van der Waals surface area contributed by atoms with Gasteiger partial charge in [-0.05, 0) is 12.2 Å². The standard InChI is InChI=1S/C22H20N3O2P/c1-14-2-4-15(5-3-14)21-20(16-6-8-18(28)9-7-16)24-19(12-23)22(25-21)27-17-10-11-26-13-17/h2-9,17H,10-11,13,28H2,1H3. The van der Waals surface area contributed by atoms with Crippen molar-refractivity contribution in [2.75, 3.05) is 13.2 Å². The second-order valence-electron chi connectivity index (χ2n) is 6.78. The molecule has 0 spiro atoms. The Morgan fingerprint density at radius 3 is 2.29 bits per heavy atom. The Bertz CT molecular complexity index is 1020. The van der Waals surface area contributed by atoms with Crippen LogP contribution < -0.4 is 10.0 Å². The number of hydrogen-bond acceptors (Lipinski definition) is 5. The second kappa shape index (κ2) is 8.06. The smallest absolute Gasteiger partial charge is 0.252 e. The van der Waals surface area contributed by atoms with Gasteiger partial charge in [0.15, 0.2) is 0 Å². The lowest BCUT2D eigenvalue weighted by atomic mass is 10.0. The van der Waals surface area contributed by atoms with Crippen LogP contribution in [0.4, 0.5) is 0 Å². The van der Waals surface area contributed by atoms with Crippen LogP contribution in [0.5, 0.6) is 5.88 Å². The lowest BCUT2D eigenvalue weighted by Crippen LogP contribution is -2.18. The summed E-state index contributed by atoms with van der Waals surface area (Å²) < 4.78 is 11.3. The predicted octanol–water partition coefficient (Wildman–Crippen LogP) is 3.66. The third-order valence-electron chi connectivity index (χ3n) is 4.65. The van der Waals surface area contributed by atoms with Crippen molar-refractivity contribution >= 4 is 14.5 Å². The van der Waals surface area contributed by atoms with Crippen LogP contribution in [0.1, 0.15) is 17.7 Å². The first-order valence-electron chi connectivity index (χ1n) is 9.13. The number of ether oxygens (including phenoxy) is 2.